The summed E-state index contributed by atoms with van der Waals surface area (Å²) in [5, 5.41) is 8.64. The van der Waals surface area contributed by atoms with Crippen molar-refractivity contribution in [1.82, 2.24) is 15.1 Å². The summed E-state index contributed by atoms with van der Waals surface area (Å²) in [6.07, 6.45) is 6.80. The standard InChI is InChI=1S/C11H18ClN3/c1-2-15-11(9(12)8-14-15)10-6-4-3-5-7-13-10/h8,10,13H,2-7H2,1H3. The minimum Gasteiger partial charge on any atom is -0.309 e. The summed E-state index contributed by atoms with van der Waals surface area (Å²) in [5.41, 5.74) is 1.17. The van der Waals surface area contributed by atoms with Crippen LogP contribution in [0.4, 0.5) is 0 Å². The lowest BCUT2D eigenvalue weighted by Crippen LogP contribution is -2.23. The lowest BCUT2D eigenvalue weighted by molar-refractivity contribution is 0.479. The maximum absolute atomic E-state index is 6.19. The van der Waals surface area contributed by atoms with Gasteiger partial charge in [-0.25, -0.2) is 0 Å². The average Bonchev–Trinajstić information content (AvgIpc) is 2.48. The highest BCUT2D eigenvalue weighted by Gasteiger charge is 2.20. The van der Waals surface area contributed by atoms with Crippen molar-refractivity contribution in [2.75, 3.05) is 6.54 Å². The van der Waals surface area contributed by atoms with Gasteiger partial charge in [-0.1, -0.05) is 24.4 Å². The minimum absolute atomic E-state index is 0.391. The second kappa shape index (κ2) is 4.99. The van der Waals surface area contributed by atoms with Gasteiger partial charge in [-0.2, -0.15) is 5.10 Å². The van der Waals surface area contributed by atoms with Gasteiger partial charge in [-0.15, -0.1) is 0 Å². The van der Waals surface area contributed by atoms with Gasteiger partial charge in [0.15, 0.2) is 0 Å². The van der Waals surface area contributed by atoms with Crippen LogP contribution in [0.3, 0.4) is 0 Å². The first-order chi connectivity index (χ1) is 7.33. The first-order valence-electron chi connectivity index (χ1n) is 5.77. The highest BCUT2D eigenvalue weighted by molar-refractivity contribution is 6.31. The quantitative estimate of drug-likeness (QED) is 0.842. The first kappa shape index (κ1) is 11.0. The van der Waals surface area contributed by atoms with Crippen LogP contribution >= 0.6 is 11.6 Å². The lowest BCUT2D eigenvalue weighted by atomic mass is 10.1. The third-order valence-electron chi connectivity index (χ3n) is 3.02. The van der Waals surface area contributed by atoms with Crippen molar-refractivity contribution in [3.63, 3.8) is 0 Å². The van der Waals surface area contributed by atoms with Gasteiger partial charge in [0.05, 0.1) is 23.0 Å². The fourth-order valence-electron chi connectivity index (χ4n) is 2.23. The molecule has 1 N–H and O–H groups in total. The Morgan fingerprint density at radius 2 is 2.40 bits per heavy atom. The predicted molar refractivity (Wildman–Crippen MR) is 62.1 cm³/mol. The highest BCUT2D eigenvalue weighted by atomic mass is 35.5. The van der Waals surface area contributed by atoms with E-state index in [1.54, 1.807) is 6.20 Å². The summed E-state index contributed by atoms with van der Waals surface area (Å²) in [6.45, 7) is 4.08. The Morgan fingerprint density at radius 1 is 1.53 bits per heavy atom. The molecule has 1 aromatic heterocycles. The Labute approximate surface area is 95.8 Å². The molecule has 1 aromatic rings. The van der Waals surface area contributed by atoms with Gasteiger partial charge < -0.3 is 5.32 Å². The third-order valence-corrected chi connectivity index (χ3v) is 3.31. The highest BCUT2D eigenvalue weighted by Crippen LogP contribution is 2.28. The van der Waals surface area contributed by atoms with E-state index in [9.17, 15) is 0 Å². The molecule has 0 radical (unpaired) electrons. The third kappa shape index (κ3) is 2.34. The second-order valence-electron chi connectivity index (χ2n) is 4.05. The molecule has 1 atom stereocenters. The van der Waals surface area contributed by atoms with Gasteiger partial charge in [0.1, 0.15) is 0 Å². The van der Waals surface area contributed by atoms with Crippen molar-refractivity contribution < 1.29 is 0 Å². The zero-order chi connectivity index (χ0) is 10.7. The van der Waals surface area contributed by atoms with E-state index < -0.39 is 0 Å². The molecule has 3 nitrogen and oxygen atoms in total. The fourth-order valence-corrected chi connectivity index (χ4v) is 2.51. The Hall–Kier alpha value is -0.540. The number of aromatic nitrogens is 2. The summed E-state index contributed by atoms with van der Waals surface area (Å²) in [6, 6.07) is 0.391. The summed E-state index contributed by atoms with van der Waals surface area (Å²) in [5.74, 6) is 0. The van der Waals surface area contributed by atoms with E-state index >= 15 is 0 Å². The molecule has 0 bridgehead atoms. The summed E-state index contributed by atoms with van der Waals surface area (Å²) in [7, 11) is 0. The van der Waals surface area contributed by atoms with Crippen molar-refractivity contribution in [3.05, 3.63) is 16.9 Å². The van der Waals surface area contributed by atoms with E-state index in [2.05, 4.69) is 17.3 Å². The molecule has 0 aromatic carbocycles. The van der Waals surface area contributed by atoms with Gasteiger partial charge in [-0.05, 0) is 26.3 Å². The monoisotopic (exact) mass is 227 g/mol. The molecule has 1 unspecified atom stereocenters. The molecule has 1 aliphatic rings. The van der Waals surface area contributed by atoms with E-state index in [0.29, 0.717) is 6.04 Å². The van der Waals surface area contributed by atoms with Crippen molar-refractivity contribution in [3.8, 4) is 0 Å². The zero-order valence-corrected chi connectivity index (χ0v) is 9.93. The van der Waals surface area contributed by atoms with Crippen LogP contribution in [0.1, 0.15) is 44.3 Å². The topological polar surface area (TPSA) is 29.9 Å². The van der Waals surface area contributed by atoms with E-state index in [1.165, 1.54) is 31.4 Å². The number of hydrogen-bond donors (Lipinski definition) is 1. The molecule has 4 heteroatoms. The molecule has 0 spiro atoms. The van der Waals surface area contributed by atoms with Gasteiger partial charge in [-0.3, -0.25) is 4.68 Å². The number of nitrogens with one attached hydrogen (secondary N) is 1. The van der Waals surface area contributed by atoms with E-state index in [4.69, 9.17) is 11.6 Å². The second-order valence-corrected chi connectivity index (χ2v) is 4.46. The van der Waals surface area contributed by atoms with Crippen molar-refractivity contribution in [2.45, 2.75) is 45.2 Å². The van der Waals surface area contributed by atoms with Crippen LogP contribution in [-0.4, -0.2) is 16.3 Å². The van der Waals surface area contributed by atoms with Crippen molar-refractivity contribution in [2.24, 2.45) is 0 Å². The van der Waals surface area contributed by atoms with Crippen LogP contribution in [0.2, 0.25) is 5.02 Å². The number of hydrogen-bond acceptors (Lipinski definition) is 2. The number of aryl methyl sites for hydroxylation is 1. The molecular formula is C11H18ClN3. The van der Waals surface area contributed by atoms with Crippen molar-refractivity contribution >= 4 is 11.6 Å². The molecular weight excluding hydrogens is 210 g/mol. The van der Waals surface area contributed by atoms with Gasteiger partial charge in [0, 0.05) is 6.54 Å². The first-order valence-corrected chi connectivity index (χ1v) is 6.15. The Morgan fingerprint density at radius 3 is 3.20 bits per heavy atom. The largest absolute Gasteiger partial charge is 0.309 e. The molecule has 0 aliphatic carbocycles. The number of nitrogens with zero attached hydrogens (tertiary/aromatic N) is 2. The lowest BCUT2D eigenvalue weighted by Gasteiger charge is -2.17. The fraction of sp³-hybridized carbons (Fsp3) is 0.727. The zero-order valence-electron chi connectivity index (χ0n) is 9.17. The SMILES string of the molecule is CCn1ncc(Cl)c1C1CCCCCN1. The van der Waals surface area contributed by atoms with Crippen LogP contribution < -0.4 is 5.32 Å². The van der Waals surface area contributed by atoms with Crippen molar-refractivity contribution in [1.29, 1.82) is 0 Å². The van der Waals surface area contributed by atoms with E-state index in [1.807, 2.05) is 4.68 Å². The smallest absolute Gasteiger partial charge is 0.0834 e. The number of rotatable bonds is 2. The average molecular weight is 228 g/mol. The molecule has 0 amide bonds. The molecule has 2 rings (SSSR count). The molecule has 15 heavy (non-hydrogen) atoms. The van der Waals surface area contributed by atoms with Gasteiger partial charge >= 0.3 is 0 Å². The molecule has 1 aliphatic heterocycles. The van der Waals surface area contributed by atoms with Crippen LogP contribution in [0.5, 0.6) is 0 Å². The molecule has 1 fully saturated rings. The Kier molecular flexibility index (Phi) is 3.65. The summed E-state index contributed by atoms with van der Waals surface area (Å²) >= 11 is 6.19. The Bertz CT molecular complexity index is 314. The van der Waals surface area contributed by atoms with Crippen LogP contribution in [0, 0.1) is 0 Å². The molecule has 2 heterocycles. The van der Waals surface area contributed by atoms with Crippen LogP contribution in [0.15, 0.2) is 6.20 Å². The van der Waals surface area contributed by atoms with E-state index in [-0.39, 0.29) is 0 Å². The molecule has 1 saturated heterocycles. The van der Waals surface area contributed by atoms with Gasteiger partial charge in [0.2, 0.25) is 0 Å². The summed E-state index contributed by atoms with van der Waals surface area (Å²) < 4.78 is 2.01. The van der Waals surface area contributed by atoms with Crippen LogP contribution in [0.25, 0.3) is 0 Å². The molecule has 84 valence electrons. The summed E-state index contributed by atoms with van der Waals surface area (Å²) in [4.78, 5) is 0. The van der Waals surface area contributed by atoms with Crippen LogP contribution in [-0.2, 0) is 6.54 Å². The Balaban J connectivity index is 2.21. The number of halogens is 1. The normalized spacial score (nSPS) is 22.7. The molecule has 0 saturated carbocycles. The maximum atomic E-state index is 6.19. The van der Waals surface area contributed by atoms with Gasteiger partial charge in [0.25, 0.3) is 0 Å². The van der Waals surface area contributed by atoms with E-state index in [0.717, 1.165) is 18.1 Å². The maximum Gasteiger partial charge on any atom is 0.0834 e. The minimum atomic E-state index is 0.391. The predicted octanol–water partition coefficient (Wildman–Crippen LogP) is 2.76.